The maximum absolute atomic E-state index is 11.1. The molecule has 3 heteroatoms. The van der Waals surface area contributed by atoms with E-state index in [1.54, 1.807) is 24.4 Å². The van der Waals surface area contributed by atoms with Gasteiger partial charge in [-0.15, -0.1) is 0 Å². The number of nitrogens with zero attached hydrogens (tertiary/aromatic N) is 1. The standard InChI is InChI=1S/C18H12NO2/c20-13-14-7-4-5-10-16(14)18-17(11-6-12-19-18)21-15-8-2-1-3-9-15/h1-12H. The molecule has 3 nitrogen and oxygen atoms in total. The molecule has 1 radical (unpaired) electrons. The number of para-hydroxylation sites is 1. The van der Waals surface area contributed by atoms with Gasteiger partial charge in [0, 0.05) is 17.3 Å². The van der Waals surface area contributed by atoms with Gasteiger partial charge in [-0.2, -0.15) is 0 Å². The third-order valence-corrected chi connectivity index (χ3v) is 3.03. The maximum Gasteiger partial charge on any atom is 0.234 e. The van der Waals surface area contributed by atoms with Crippen LogP contribution in [0.4, 0.5) is 0 Å². The second-order valence-electron chi connectivity index (χ2n) is 4.41. The highest BCUT2D eigenvalue weighted by Crippen LogP contribution is 2.32. The molecular formula is C18H12NO2. The molecule has 0 unspecified atom stereocenters. The van der Waals surface area contributed by atoms with Gasteiger partial charge in [0.15, 0.2) is 5.75 Å². The summed E-state index contributed by atoms with van der Waals surface area (Å²) in [5.41, 5.74) is 1.80. The average molecular weight is 274 g/mol. The fourth-order valence-electron chi connectivity index (χ4n) is 2.07. The summed E-state index contributed by atoms with van der Waals surface area (Å²) in [7, 11) is 0. The summed E-state index contributed by atoms with van der Waals surface area (Å²) in [5.74, 6) is 1.32. The zero-order chi connectivity index (χ0) is 14.5. The van der Waals surface area contributed by atoms with Crippen LogP contribution in [0.1, 0.15) is 5.56 Å². The molecule has 21 heavy (non-hydrogen) atoms. The van der Waals surface area contributed by atoms with Crippen LogP contribution in [0.5, 0.6) is 11.5 Å². The molecule has 0 aliphatic heterocycles. The summed E-state index contributed by atoms with van der Waals surface area (Å²) >= 11 is 0. The Balaban J connectivity index is 2.06. The van der Waals surface area contributed by atoms with Gasteiger partial charge in [0.05, 0.1) is 0 Å². The molecule has 0 N–H and O–H groups in total. The summed E-state index contributed by atoms with van der Waals surface area (Å²) < 4.78 is 5.87. The lowest BCUT2D eigenvalue weighted by Gasteiger charge is -2.11. The predicted octanol–water partition coefficient (Wildman–Crippen LogP) is 4.00. The van der Waals surface area contributed by atoms with Gasteiger partial charge in [-0.3, -0.25) is 9.78 Å². The van der Waals surface area contributed by atoms with Crippen molar-refractivity contribution in [3.8, 4) is 22.8 Å². The van der Waals surface area contributed by atoms with Crippen LogP contribution < -0.4 is 4.74 Å². The minimum absolute atomic E-state index is 0.467. The van der Waals surface area contributed by atoms with Crippen molar-refractivity contribution in [3.05, 3.63) is 78.5 Å². The van der Waals surface area contributed by atoms with Gasteiger partial charge in [-0.25, -0.2) is 0 Å². The Morgan fingerprint density at radius 3 is 2.43 bits per heavy atom. The molecule has 0 aliphatic rings. The summed E-state index contributed by atoms with van der Waals surface area (Å²) in [6, 6.07) is 20.3. The first-order valence-electron chi connectivity index (χ1n) is 6.54. The molecule has 2 aromatic carbocycles. The van der Waals surface area contributed by atoms with Crippen LogP contribution in [0.2, 0.25) is 0 Å². The van der Waals surface area contributed by atoms with Crippen molar-refractivity contribution >= 4 is 6.29 Å². The maximum atomic E-state index is 11.1. The summed E-state index contributed by atoms with van der Waals surface area (Å²) in [6.45, 7) is 0. The van der Waals surface area contributed by atoms with Gasteiger partial charge in [0.2, 0.25) is 6.29 Å². The number of ether oxygens (including phenoxy) is 1. The molecule has 0 saturated carbocycles. The van der Waals surface area contributed by atoms with E-state index >= 15 is 0 Å². The molecule has 3 aromatic rings. The zero-order valence-corrected chi connectivity index (χ0v) is 11.2. The number of benzene rings is 2. The molecule has 0 amide bonds. The van der Waals surface area contributed by atoms with Crippen molar-refractivity contribution in [2.45, 2.75) is 0 Å². The van der Waals surface area contributed by atoms with Crippen molar-refractivity contribution in [1.29, 1.82) is 0 Å². The highest BCUT2D eigenvalue weighted by molar-refractivity contribution is 5.88. The van der Waals surface area contributed by atoms with E-state index in [0.717, 1.165) is 5.75 Å². The second kappa shape index (κ2) is 6.01. The van der Waals surface area contributed by atoms with E-state index in [-0.39, 0.29) is 0 Å². The highest BCUT2D eigenvalue weighted by atomic mass is 16.5. The van der Waals surface area contributed by atoms with Crippen molar-refractivity contribution < 1.29 is 9.53 Å². The largest absolute Gasteiger partial charge is 0.455 e. The van der Waals surface area contributed by atoms with Crippen molar-refractivity contribution in [2.24, 2.45) is 0 Å². The Hall–Kier alpha value is -2.94. The molecule has 3 rings (SSSR count). The molecule has 0 bridgehead atoms. The zero-order valence-electron chi connectivity index (χ0n) is 11.2. The topological polar surface area (TPSA) is 39.2 Å². The Kier molecular flexibility index (Phi) is 3.74. The van der Waals surface area contributed by atoms with Gasteiger partial charge in [-0.05, 0) is 24.3 Å². The molecule has 0 saturated heterocycles. The lowest BCUT2D eigenvalue weighted by Crippen LogP contribution is -1.94. The van der Waals surface area contributed by atoms with E-state index in [1.165, 1.54) is 0 Å². The normalized spacial score (nSPS) is 10.1. The van der Waals surface area contributed by atoms with Gasteiger partial charge in [0.1, 0.15) is 11.4 Å². The molecule has 1 aromatic heterocycles. The molecule has 1 heterocycles. The van der Waals surface area contributed by atoms with Crippen molar-refractivity contribution in [2.75, 3.05) is 0 Å². The molecule has 0 atom stereocenters. The lowest BCUT2D eigenvalue weighted by atomic mass is 10.0. The summed E-state index contributed by atoms with van der Waals surface area (Å²) in [6.07, 6.45) is 3.61. The van der Waals surface area contributed by atoms with Gasteiger partial charge in [0.25, 0.3) is 0 Å². The lowest BCUT2D eigenvalue weighted by molar-refractivity contribution is 0.482. The number of pyridine rings is 1. The van der Waals surface area contributed by atoms with Crippen molar-refractivity contribution in [3.63, 3.8) is 0 Å². The van der Waals surface area contributed by atoms with Crippen LogP contribution in [0.3, 0.4) is 0 Å². The monoisotopic (exact) mass is 274 g/mol. The van der Waals surface area contributed by atoms with Crippen LogP contribution in [-0.4, -0.2) is 11.3 Å². The smallest absolute Gasteiger partial charge is 0.234 e. The molecular weight excluding hydrogens is 262 g/mol. The van der Waals surface area contributed by atoms with Crippen molar-refractivity contribution in [1.82, 2.24) is 4.98 Å². The Morgan fingerprint density at radius 2 is 1.62 bits per heavy atom. The van der Waals surface area contributed by atoms with Crippen LogP contribution in [0.15, 0.2) is 72.9 Å². The molecule has 0 spiro atoms. The average Bonchev–Trinajstić information content (AvgIpc) is 2.56. The third-order valence-electron chi connectivity index (χ3n) is 3.03. The predicted molar refractivity (Wildman–Crippen MR) is 81.0 cm³/mol. The minimum atomic E-state index is 0.467. The van der Waals surface area contributed by atoms with E-state index in [4.69, 9.17) is 4.74 Å². The number of carbonyl (C=O) groups excluding carboxylic acids is 1. The van der Waals surface area contributed by atoms with Crippen LogP contribution in [-0.2, 0) is 4.79 Å². The van der Waals surface area contributed by atoms with Crippen LogP contribution >= 0.6 is 0 Å². The Labute approximate surface area is 122 Å². The van der Waals surface area contributed by atoms with Gasteiger partial charge >= 0.3 is 0 Å². The van der Waals surface area contributed by atoms with Gasteiger partial charge < -0.3 is 4.74 Å². The van der Waals surface area contributed by atoms with E-state index in [0.29, 0.717) is 22.6 Å². The SMILES string of the molecule is O=[C]c1ccccc1-c1ncccc1Oc1ccccc1. The van der Waals surface area contributed by atoms with E-state index in [9.17, 15) is 4.79 Å². The second-order valence-corrected chi connectivity index (χ2v) is 4.41. The fourth-order valence-corrected chi connectivity index (χ4v) is 2.07. The van der Waals surface area contributed by atoms with Crippen LogP contribution in [0, 0.1) is 0 Å². The molecule has 0 aliphatic carbocycles. The third kappa shape index (κ3) is 2.82. The number of hydrogen-bond acceptors (Lipinski definition) is 3. The number of rotatable bonds is 4. The first kappa shape index (κ1) is 13.1. The minimum Gasteiger partial charge on any atom is -0.455 e. The Bertz CT molecular complexity index is 754. The highest BCUT2D eigenvalue weighted by Gasteiger charge is 2.12. The van der Waals surface area contributed by atoms with E-state index in [1.807, 2.05) is 54.8 Å². The quantitative estimate of drug-likeness (QED) is 0.722. The number of aromatic nitrogens is 1. The Morgan fingerprint density at radius 1 is 0.857 bits per heavy atom. The molecule has 101 valence electrons. The fraction of sp³-hybridized carbons (Fsp3) is 0. The van der Waals surface area contributed by atoms with E-state index in [2.05, 4.69) is 4.98 Å². The molecule has 0 fully saturated rings. The first-order valence-corrected chi connectivity index (χ1v) is 6.54. The first-order chi connectivity index (χ1) is 10.4. The summed E-state index contributed by atoms with van der Waals surface area (Å²) in [4.78, 5) is 15.4. The van der Waals surface area contributed by atoms with Crippen LogP contribution in [0.25, 0.3) is 11.3 Å². The summed E-state index contributed by atoms with van der Waals surface area (Å²) in [5, 5.41) is 0. The van der Waals surface area contributed by atoms with E-state index < -0.39 is 0 Å². The number of hydrogen-bond donors (Lipinski definition) is 0. The van der Waals surface area contributed by atoms with Gasteiger partial charge in [-0.1, -0.05) is 42.5 Å².